The normalized spacial score (nSPS) is 17.3. The molecular formula is C10H18N2O3. The Labute approximate surface area is 89.8 Å². The van der Waals surface area contributed by atoms with Gasteiger partial charge in [0.2, 0.25) is 5.91 Å². The minimum Gasteiger partial charge on any atom is -0.468 e. The smallest absolute Gasteiger partial charge is 0.323 e. The summed E-state index contributed by atoms with van der Waals surface area (Å²) in [6, 6.07) is -0.271. The van der Waals surface area contributed by atoms with E-state index in [0.29, 0.717) is 5.92 Å². The molecule has 0 radical (unpaired) electrons. The van der Waals surface area contributed by atoms with Crippen LogP contribution in [0.2, 0.25) is 0 Å². The first kappa shape index (κ1) is 12.0. The summed E-state index contributed by atoms with van der Waals surface area (Å²) >= 11 is 0. The van der Waals surface area contributed by atoms with Crippen molar-refractivity contribution in [1.82, 2.24) is 10.2 Å². The van der Waals surface area contributed by atoms with Crippen LogP contribution in [0.4, 0.5) is 0 Å². The Kier molecular flexibility index (Phi) is 4.08. The van der Waals surface area contributed by atoms with Gasteiger partial charge in [0, 0.05) is 7.05 Å². The summed E-state index contributed by atoms with van der Waals surface area (Å²) in [4.78, 5) is 24.4. The average molecular weight is 214 g/mol. The lowest BCUT2D eigenvalue weighted by atomic mass is 10.1. The molecule has 0 aromatic heterocycles. The van der Waals surface area contributed by atoms with Crippen LogP contribution in [0.1, 0.15) is 12.8 Å². The van der Waals surface area contributed by atoms with Crippen molar-refractivity contribution >= 4 is 11.9 Å². The van der Waals surface area contributed by atoms with E-state index in [1.54, 1.807) is 19.0 Å². The van der Waals surface area contributed by atoms with E-state index in [9.17, 15) is 9.59 Å². The molecule has 0 saturated heterocycles. The maximum atomic E-state index is 11.5. The Bertz CT molecular complexity index is 251. The number of likely N-dealkylation sites (N-methyl/N-ethyl adjacent to an activating group) is 2. The number of amides is 1. The maximum Gasteiger partial charge on any atom is 0.323 e. The molecular weight excluding hydrogens is 196 g/mol. The number of hydrogen-bond acceptors (Lipinski definition) is 4. The molecule has 0 heterocycles. The second kappa shape index (κ2) is 5.11. The van der Waals surface area contributed by atoms with Gasteiger partial charge < -0.3 is 10.1 Å². The summed E-state index contributed by atoms with van der Waals surface area (Å²) in [5.41, 5.74) is 0. The molecule has 1 rings (SSSR count). The fourth-order valence-electron chi connectivity index (χ4n) is 1.67. The van der Waals surface area contributed by atoms with Gasteiger partial charge in [-0.25, -0.2) is 0 Å². The summed E-state index contributed by atoms with van der Waals surface area (Å²) in [5.74, 6) is 0.0167. The van der Waals surface area contributed by atoms with E-state index in [0.717, 1.165) is 12.8 Å². The van der Waals surface area contributed by atoms with E-state index < -0.39 is 0 Å². The Morgan fingerprint density at radius 1 is 1.53 bits per heavy atom. The number of rotatable bonds is 5. The van der Waals surface area contributed by atoms with Crippen LogP contribution in [0.15, 0.2) is 0 Å². The zero-order chi connectivity index (χ0) is 11.4. The summed E-state index contributed by atoms with van der Waals surface area (Å²) in [6.45, 7) is 0.229. The van der Waals surface area contributed by atoms with Gasteiger partial charge in [-0.1, -0.05) is 0 Å². The molecule has 0 spiro atoms. The highest BCUT2D eigenvalue weighted by Gasteiger charge is 2.39. The van der Waals surface area contributed by atoms with Gasteiger partial charge in [0.1, 0.15) is 6.04 Å². The second-order valence-electron chi connectivity index (χ2n) is 3.89. The highest BCUT2D eigenvalue weighted by molar-refractivity contribution is 5.80. The van der Waals surface area contributed by atoms with Crippen LogP contribution >= 0.6 is 0 Å². The third-order valence-corrected chi connectivity index (χ3v) is 2.66. The number of nitrogens with one attached hydrogen (secondary N) is 1. The maximum absolute atomic E-state index is 11.5. The van der Waals surface area contributed by atoms with Gasteiger partial charge in [0.25, 0.3) is 0 Å². The van der Waals surface area contributed by atoms with E-state index in [1.807, 2.05) is 0 Å². The van der Waals surface area contributed by atoms with Crippen molar-refractivity contribution in [2.45, 2.75) is 18.9 Å². The van der Waals surface area contributed by atoms with E-state index in [-0.39, 0.29) is 24.5 Å². The molecule has 1 saturated carbocycles. The molecule has 1 aliphatic rings. The van der Waals surface area contributed by atoms with Crippen molar-refractivity contribution in [3.05, 3.63) is 0 Å². The minimum absolute atomic E-state index is 0.0907. The molecule has 86 valence electrons. The van der Waals surface area contributed by atoms with Crippen LogP contribution in [0, 0.1) is 5.92 Å². The summed E-state index contributed by atoms with van der Waals surface area (Å²) in [7, 11) is 4.74. The van der Waals surface area contributed by atoms with Crippen LogP contribution in [0.3, 0.4) is 0 Å². The van der Waals surface area contributed by atoms with Crippen LogP contribution in [0.5, 0.6) is 0 Å². The summed E-state index contributed by atoms with van der Waals surface area (Å²) in [5, 5.41) is 2.53. The Morgan fingerprint density at radius 2 is 2.13 bits per heavy atom. The number of carbonyl (C=O) groups is 2. The molecule has 1 N–H and O–H groups in total. The number of methoxy groups -OCH3 is 1. The third-order valence-electron chi connectivity index (χ3n) is 2.66. The van der Waals surface area contributed by atoms with Crippen molar-refractivity contribution in [3.8, 4) is 0 Å². The lowest BCUT2D eigenvalue weighted by Gasteiger charge is -2.24. The molecule has 0 aromatic carbocycles. The lowest BCUT2D eigenvalue weighted by molar-refractivity contribution is -0.147. The van der Waals surface area contributed by atoms with Gasteiger partial charge in [-0.15, -0.1) is 0 Å². The van der Waals surface area contributed by atoms with Gasteiger partial charge >= 0.3 is 5.97 Å². The first-order valence-corrected chi connectivity index (χ1v) is 5.08. The van der Waals surface area contributed by atoms with Crippen molar-refractivity contribution in [2.24, 2.45) is 5.92 Å². The fourth-order valence-corrected chi connectivity index (χ4v) is 1.67. The van der Waals surface area contributed by atoms with E-state index in [1.165, 1.54) is 7.11 Å². The molecule has 15 heavy (non-hydrogen) atoms. The topological polar surface area (TPSA) is 58.6 Å². The number of carbonyl (C=O) groups excluding carboxylic acids is 2. The van der Waals surface area contributed by atoms with Gasteiger partial charge in [-0.05, 0) is 25.8 Å². The van der Waals surface area contributed by atoms with Crippen molar-refractivity contribution in [1.29, 1.82) is 0 Å². The van der Waals surface area contributed by atoms with Gasteiger partial charge in [-0.3, -0.25) is 14.5 Å². The summed E-state index contributed by atoms with van der Waals surface area (Å²) < 4.78 is 4.74. The predicted molar refractivity (Wildman–Crippen MR) is 55.2 cm³/mol. The molecule has 1 fully saturated rings. The summed E-state index contributed by atoms with van der Waals surface area (Å²) in [6.07, 6.45) is 2.08. The minimum atomic E-state index is -0.271. The molecule has 1 amide bonds. The second-order valence-corrected chi connectivity index (χ2v) is 3.89. The SMILES string of the molecule is CNC(=O)CN(C)C(C(=O)OC)C1CC1. The predicted octanol–water partition coefficient (Wildman–Crippen LogP) is -0.384. The van der Waals surface area contributed by atoms with E-state index in [2.05, 4.69) is 5.32 Å². The first-order valence-electron chi connectivity index (χ1n) is 5.08. The molecule has 5 heteroatoms. The highest BCUT2D eigenvalue weighted by Crippen LogP contribution is 2.35. The number of nitrogens with zero attached hydrogens (tertiary/aromatic N) is 1. The quantitative estimate of drug-likeness (QED) is 0.634. The van der Waals surface area contributed by atoms with Crippen LogP contribution in [-0.4, -0.2) is 50.6 Å². The Hall–Kier alpha value is -1.10. The molecule has 0 aliphatic heterocycles. The standard InChI is InChI=1S/C10H18N2O3/c1-11-8(13)6-12(2)9(7-4-5-7)10(14)15-3/h7,9H,4-6H2,1-3H3,(H,11,13). The van der Waals surface area contributed by atoms with Crippen molar-refractivity contribution in [2.75, 3.05) is 27.7 Å². The van der Waals surface area contributed by atoms with Gasteiger partial charge in [0.05, 0.1) is 13.7 Å². The van der Waals surface area contributed by atoms with Crippen molar-refractivity contribution < 1.29 is 14.3 Å². The average Bonchev–Trinajstić information content (AvgIpc) is 3.01. The molecule has 5 nitrogen and oxygen atoms in total. The highest BCUT2D eigenvalue weighted by atomic mass is 16.5. The van der Waals surface area contributed by atoms with Gasteiger partial charge in [0.15, 0.2) is 0 Å². The Morgan fingerprint density at radius 3 is 2.53 bits per heavy atom. The first-order chi connectivity index (χ1) is 7.10. The zero-order valence-electron chi connectivity index (χ0n) is 9.45. The van der Waals surface area contributed by atoms with Crippen LogP contribution in [0.25, 0.3) is 0 Å². The largest absolute Gasteiger partial charge is 0.468 e. The van der Waals surface area contributed by atoms with Crippen LogP contribution < -0.4 is 5.32 Å². The fraction of sp³-hybridized carbons (Fsp3) is 0.800. The third kappa shape index (κ3) is 3.20. The number of ether oxygens (including phenoxy) is 1. The Balaban J connectivity index is 2.55. The molecule has 1 aliphatic carbocycles. The molecule has 0 aromatic rings. The zero-order valence-corrected chi connectivity index (χ0v) is 9.45. The van der Waals surface area contributed by atoms with Crippen LogP contribution in [-0.2, 0) is 14.3 Å². The van der Waals surface area contributed by atoms with E-state index >= 15 is 0 Å². The number of hydrogen-bond donors (Lipinski definition) is 1. The molecule has 0 bridgehead atoms. The number of esters is 1. The molecule has 1 unspecified atom stereocenters. The van der Waals surface area contributed by atoms with Gasteiger partial charge in [-0.2, -0.15) is 0 Å². The van der Waals surface area contributed by atoms with Crippen molar-refractivity contribution in [3.63, 3.8) is 0 Å². The monoisotopic (exact) mass is 214 g/mol. The lowest BCUT2D eigenvalue weighted by Crippen LogP contribution is -2.45. The molecule has 1 atom stereocenters. The van der Waals surface area contributed by atoms with E-state index in [4.69, 9.17) is 4.74 Å².